The van der Waals surface area contributed by atoms with Crippen LogP contribution in [-0.4, -0.2) is 93.0 Å². The molecule has 2 aliphatic heterocycles. The zero-order valence-corrected chi connectivity index (χ0v) is 38.3. The Morgan fingerprint density at radius 2 is 1.40 bits per heavy atom. The summed E-state index contributed by atoms with van der Waals surface area (Å²) in [5.74, 6) is 1.63. The van der Waals surface area contributed by atoms with Crippen LogP contribution in [0.4, 0.5) is 4.79 Å². The highest BCUT2D eigenvalue weighted by atomic mass is 16.5. The lowest BCUT2D eigenvalue weighted by Crippen LogP contribution is -2.52. The highest BCUT2D eigenvalue weighted by molar-refractivity contribution is 6.07. The molecule has 0 unspecified atom stereocenters. The number of H-pyrrole nitrogens is 2. The number of hydrogen-bond acceptors (Lipinski definition) is 8. The van der Waals surface area contributed by atoms with Crippen molar-refractivity contribution in [3.63, 3.8) is 0 Å². The van der Waals surface area contributed by atoms with E-state index in [-0.39, 0.29) is 53.6 Å². The van der Waals surface area contributed by atoms with Crippen molar-refractivity contribution in [2.24, 2.45) is 23.7 Å². The molecule has 2 saturated carbocycles. The monoisotopic (exact) mass is 900 g/mol. The molecular weight excluding hydrogens is 845 g/mol. The minimum Gasteiger partial charge on any atom is -0.453 e. The topological polar surface area (TPSA) is 175 Å². The lowest BCUT2D eigenvalue weighted by atomic mass is 9.97. The maximum Gasteiger partial charge on any atom is 0.407 e. The second-order valence-electron chi connectivity index (χ2n) is 19.3. The normalized spacial score (nSPS) is 22.5. The van der Waals surface area contributed by atoms with Gasteiger partial charge in [0.2, 0.25) is 17.7 Å². The predicted octanol–water partition coefficient (Wildman–Crippen LogP) is 8.65. The number of aromatic amines is 2. The fourth-order valence-corrected chi connectivity index (χ4v) is 10.9. The first-order valence-electron chi connectivity index (χ1n) is 23.8. The molecule has 5 aromatic carbocycles. The summed E-state index contributed by atoms with van der Waals surface area (Å²) in [6.07, 6.45) is 4.32. The number of carbonyl (C=O) groups excluding carboxylic acids is 4. The molecule has 14 heteroatoms. The second-order valence-corrected chi connectivity index (χ2v) is 19.3. The van der Waals surface area contributed by atoms with Crippen molar-refractivity contribution in [1.82, 2.24) is 40.4 Å². The summed E-state index contributed by atoms with van der Waals surface area (Å²) in [7, 11) is 3.00. The number of benzene rings is 5. The standard InChI is InChI=1S/C53H56N8O6/c1-5-28(2)44(59-53(65)67-4)52(64)61-41-24-36(41)25-43(61)49-55-40-20-16-35-23-33(14-18-38(35)47(40)57-49)32-13-17-37-34(22-32)15-19-39-46(37)56-48(54-39)42-21-29(27-66-3)26-60(42)51(63)45(30-9-7-6-8-10-30)58-50(62)31-11-12-31/h6-10,13-20,22-23,28-29,31,36,41-45H,5,11-12,21,24-27H2,1-4H3,(H,54,56)(H,55,57)(H,58,62)(H,59,65)/t28-,29-,36+,41+,42-,43-,44-,45+/m0/s1. The van der Waals surface area contributed by atoms with Crippen LogP contribution < -0.4 is 10.6 Å². The van der Waals surface area contributed by atoms with E-state index in [4.69, 9.17) is 19.4 Å². The van der Waals surface area contributed by atoms with Gasteiger partial charge in [0.15, 0.2) is 0 Å². The number of nitrogens with one attached hydrogen (secondary N) is 4. The van der Waals surface area contributed by atoms with E-state index in [1.807, 2.05) is 54.0 Å². The number of piperidine rings is 1. The molecule has 344 valence electrons. The lowest BCUT2D eigenvalue weighted by Gasteiger charge is -2.32. The van der Waals surface area contributed by atoms with Gasteiger partial charge in [0.05, 0.1) is 47.9 Å². The molecule has 2 aromatic heterocycles. The third-order valence-corrected chi connectivity index (χ3v) is 14.9. The van der Waals surface area contributed by atoms with Gasteiger partial charge in [-0.3, -0.25) is 14.4 Å². The lowest BCUT2D eigenvalue weighted by molar-refractivity contribution is -0.138. The summed E-state index contributed by atoms with van der Waals surface area (Å²) < 4.78 is 10.5. The molecule has 4 aliphatic rings. The van der Waals surface area contributed by atoms with Gasteiger partial charge in [-0.2, -0.15) is 0 Å². The van der Waals surface area contributed by atoms with E-state index >= 15 is 0 Å². The van der Waals surface area contributed by atoms with Gasteiger partial charge in [0.1, 0.15) is 23.7 Å². The average molecular weight is 901 g/mol. The third kappa shape index (κ3) is 7.84. The molecule has 0 bridgehead atoms. The number of hydrogen-bond donors (Lipinski definition) is 4. The summed E-state index contributed by atoms with van der Waals surface area (Å²) in [6.45, 7) is 5.01. The number of likely N-dealkylation sites (tertiary alicyclic amines) is 2. The van der Waals surface area contributed by atoms with E-state index in [1.165, 1.54) is 7.11 Å². The average Bonchev–Trinajstić information content (AvgIpc) is 4.12. The Bertz CT molecular complexity index is 3070. The van der Waals surface area contributed by atoms with Gasteiger partial charge >= 0.3 is 6.09 Å². The fourth-order valence-electron chi connectivity index (χ4n) is 10.9. The molecule has 8 atom stereocenters. The predicted molar refractivity (Wildman–Crippen MR) is 256 cm³/mol. The Labute approximate surface area is 388 Å². The minimum atomic E-state index is -0.795. The number of amides is 4. The van der Waals surface area contributed by atoms with Crippen LogP contribution in [0.5, 0.6) is 0 Å². The largest absolute Gasteiger partial charge is 0.453 e. The van der Waals surface area contributed by atoms with Gasteiger partial charge in [-0.25, -0.2) is 14.8 Å². The van der Waals surface area contributed by atoms with Crippen LogP contribution in [0.3, 0.4) is 0 Å². The molecule has 2 saturated heterocycles. The van der Waals surface area contributed by atoms with E-state index < -0.39 is 18.2 Å². The van der Waals surface area contributed by atoms with E-state index in [0.29, 0.717) is 25.5 Å². The van der Waals surface area contributed by atoms with Crippen molar-refractivity contribution in [2.45, 2.75) is 82.6 Å². The van der Waals surface area contributed by atoms with Gasteiger partial charge < -0.3 is 39.9 Å². The van der Waals surface area contributed by atoms with E-state index in [9.17, 15) is 19.2 Å². The van der Waals surface area contributed by atoms with Gasteiger partial charge in [-0.15, -0.1) is 0 Å². The van der Waals surface area contributed by atoms with E-state index in [2.05, 4.69) is 81.3 Å². The van der Waals surface area contributed by atoms with Gasteiger partial charge in [0, 0.05) is 42.3 Å². The van der Waals surface area contributed by atoms with Crippen LogP contribution in [0.1, 0.15) is 87.7 Å². The zero-order chi connectivity index (χ0) is 46.1. The van der Waals surface area contributed by atoms with Crippen LogP contribution >= 0.6 is 0 Å². The highest BCUT2D eigenvalue weighted by Crippen LogP contribution is 2.54. The Hall–Kier alpha value is -6.80. The SMILES string of the molecule is CC[C@H](C)[C@H](NC(=O)OC)C(=O)N1[C@@H]2C[C@@H]2C[C@H]1c1nc2c(ccc3cc(-c4ccc5c(ccc6[nH]c([C@@H]7C[C@H](COC)CN7C(=O)[C@H](NC(=O)C7CC7)c7ccccc7)nc65)c4)ccc32)[nH]1. The molecule has 14 nitrogen and oxygen atoms in total. The Kier molecular flexibility index (Phi) is 10.9. The Morgan fingerprint density at radius 3 is 2.00 bits per heavy atom. The van der Waals surface area contributed by atoms with Gasteiger partial charge in [0.25, 0.3) is 0 Å². The number of ether oxygens (including phenoxy) is 2. The number of carbonyl (C=O) groups is 4. The van der Waals surface area contributed by atoms with Crippen LogP contribution in [0.25, 0.3) is 54.7 Å². The van der Waals surface area contributed by atoms with Crippen molar-refractivity contribution >= 4 is 67.4 Å². The number of methoxy groups -OCH3 is 2. The minimum absolute atomic E-state index is 0.0322. The zero-order valence-electron chi connectivity index (χ0n) is 38.3. The number of rotatable bonds is 13. The van der Waals surface area contributed by atoms with Crippen molar-refractivity contribution in [3.8, 4) is 11.1 Å². The quantitative estimate of drug-likeness (QED) is 0.0890. The maximum atomic E-state index is 14.6. The second kappa shape index (κ2) is 17.1. The first kappa shape index (κ1) is 42.8. The fraction of sp³-hybridized carbons (Fsp3) is 0.396. The van der Waals surface area contributed by atoms with Crippen molar-refractivity contribution < 1.29 is 28.7 Å². The van der Waals surface area contributed by atoms with Crippen molar-refractivity contribution in [3.05, 3.63) is 108 Å². The summed E-state index contributed by atoms with van der Waals surface area (Å²) in [4.78, 5) is 75.5. The molecule has 0 radical (unpaired) electrons. The Balaban J connectivity index is 0.866. The maximum absolute atomic E-state index is 14.6. The summed E-state index contributed by atoms with van der Waals surface area (Å²) >= 11 is 0. The highest BCUT2D eigenvalue weighted by Gasteiger charge is 2.56. The van der Waals surface area contributed by atoms with Crippen molar-refractivity contribution in [1.29, 1.82) is 0 Å². The number of imidazole rings is 2. The van der Waals surface area contributed by atoms with Gasteiger partial charge in [-0.1, -0.05) is 87.0 Å². The number of alkyl carbamates (subject to hydrolysis) is 1. The van der Waals surface area contributed by atoms with Crippen LogP contribution in [0.2, 0.25) is 0 Å². The van der Waals surface area contributed by atoms with E-state index in [0.717, 1.165) is 104 Å². The molecule has 4 amide bonds. The number of nitrogens with zero attached hydrogens (tertiary/aromatic N) is 4. The summed E-state index contributed by atoms with van der Waals surface area (Å²) in [6, 6.07) is 28.9. The molecule has 7 aromatic rings. The van der Waals surface area contributed by atoms with Crippen molar-refractivity contribution in [2.75, 3.05) is 27.4 Å². The number of aromatic nitrogens is 4. The first-order valence-corrected chi connectivity index (χ1v) is 23.8. The molecular formula is C53H56N8O6. The molecule has 4 heterocycles. The smallest absolute Gasteiger partial charge is 0.407 e. The van der Waals surface area contributed by atoms with Crippen LogP contribution in [-0.2, 0) is 23.9 Å². The van der Waals surface area contributed by atoms with Crippen LogP contribution in [0, 0.1) is 23.7 Å². The Morgan fingerprint density at radius 1 is 0.761 bits per heavy atom. The first-order chi connectivity index (χ1) is 32.6. The third-order valence-electron chi connectivity index (χ3n) is 14.9. The molecule has 0 spiro atoms. The molecule has 11 rings (SSSR count). The van der Waals surface area contributed by atoms with Crippen LogP contribution in [0.15, 0.2) is 91.0 Å². The summed E-state index contributed by atoms with van der Waals surface area (Å²) in [5.41, 5.74) is 6.41. The number of fused-ring (bicyclic) bond motifs is 7. The molecule has 2 aliphatic carbocycles. The molecule has 4 fully saturated rings. The van der Waals surface area contributed by atoms with E-state index in [1.54, 1.807) is 7.11 Å². The summed E-state index contributed by atoms with van der Waals surface area (Å²) in [5, 5.41) is 10.0. The molecule has 4 N–H and O–H groups in total. The molecule has 67 heavy (non-hydrogen) atoms. The van der Waals surface area contributed by atoms with Gasteiger partial charge in [-0.05, 0) is 95.7 Å².